The highest BCUT2D eigenvalue weighted by atomic mass is 35.5. The monoisotopic (exact) mass is 362 g/mol. The Bertz CT molecular complexity index is 468. The topological polar surface area (TPSA) is 83.1 Å². The van der Waals surface area contributed by atoms with Gasteiger partial charge in [-0.15, -0.1) is 24.8 Å². The van der Waals surface area contributed by atoms with Crippen molar-refractivity contribution in [3.05, 3.63) is 30.1 Å². The largest absolute Gasteiger partial charge is 0.355 e. The molecule has 23 heavy (non-hydrogen) atoms. The molecule has 6 nitrogen and oxygen atoms in total. The van der Waals surface area contributed by atoms with Crippen molar-refractivity contribution >= 4 is 36.6 Å². The van der Waals surface area contributed by atoms with Crippen LogP contribution in [-0.4, -0.2) is 43.0 Å². The number of carbonyl (C=O) groups excluding carboxylic acids is 2. The Labute approximate surface area is 149 Å². The fourth-order valence-corrected chi connectivity index (χ4v) is 2.40. The van der Waals surface area contributed by atoms with E-state index in [-0.39, 0.29) is 43.2 Å². The zero-order valence-corrected chi connectivity index (χ0v) is 14.5. The smallest absolute Gasteiger partial charge is 0.270 e. The van der Waals surface area contributed by atoms with E-state index in [0.717, 1.165) is 19.5 Å². The molecular weight excluding hydrogens is 339 g/mol. The molecule has 1 aromatic rings. The Hall–Kier alpha value is -1.37. The third kappa shape index (κ3) is 8.16. The van der Waals surface area contributed by atoms with Crippen molar-refractivity contribution in [3.8, 4) is 0 Å². The van der Waals surface area contributed by atoms with Crippen LogP contribution < -0.4 is 16.0 Å². The Morgan fingerprint density at radius 3 is 2.74 bits per heavy atom. The maximum Gasteiger partial charge on any atom is 0.270 e. The zero-order valence-electron chi connectivity index (χ0n) is 12.9. The summed E-state index contributed by atoms with van der Waals surface area (Å²) in [5.74, 6) is 0.146. The van der Waals surface area contributed by atoms with Gasteiger partial charge in [-0.3, -0.25) is 14.6 Å². The predicted octanol–water partition coefficient (Wildman–Crippen LogP) is 1.16. The van der Waals surface area contributed by atoms with Gasteiger partial charge in [-0.2, -0.15) is 0 Å². The summed E-state index contributed by atoms with van der Waals surface area (Å²) in [5, 5.41) is 8.75. The second kappa shape index (κ2) is 12.1. The number of piperidine rings is 1. The number of rotatable bonds is 6. The number of nitrogens with zero attached hydrogens (tertiary/aromatic N) is 1. The molecule has 3 N–H and O–H groups in total. The van der Waals surface area contributed by atoms with Crippen LogP contribution in [0.1, 0.15) is 29.8 Å². The van der Waals surface area contributed by atoms with Crippen molar-refractivity contribution in [1.82, 2.24) is 20.9 Å². The average Bonchev–Trinajstić information content (AvgIpc) is 2.54. The molecule has 1 atom stereocenters. The highest BCUT2D eigenvalue weighted by Gasteiger charge is 2.13. The Morgan fingerprint density at radius 2 is 2.09 bits per heavy atom. The minimum absolute atomic E-state index is 0. The number of nitrogens with one attached hydrogen (secondary N) is 3. The molecule has 1 aliphatic heterocycles. The van der Waals surface area contributed by atoms with E-state index in [1.807, 2.05) is 0 Å². The van der Waals surface area contributed by atoms with Crippen molar-refractivity contribution in [1.29, 1.82) is 0 Å². The van der Waals surface area contributed by atoms with Crippen LogP contribution >= 0.6 is 24.8 Å². The minimum Gasteiger partial charge on any atom is -0.355 e. The molecule has 1 aromatic heterocycles. The second-order valence-corrected chi connectivity index (χ2v) is 5.25. The van der Waals surface area contributed by atoms with Gasteiger partial charge in [0.05, 0.1) is 6.54 Å². The minimum atomic E-state index is -0.331. The number of pyridine rings is 1. The standard InChI is InChI=1S/C15H22N4O2.2ClH/c20-14(18-9-6-12-4-3-7-16-10-12)11-19-15(21)13-5-1-2-8-17-13;;/h1-2,5,8,12,16H,3-4,6-7,9-11H2,(H,18,20)(H,19,21);2*1H. The van der Waals surface area contributed by atoms with E-state index in [1.54, 1.807) is 24.4 Å². The molecule has 1 aliphatic rings. The van der Waals surface area contributed by atoms with Crippen LogP contribution in [0.25, 0.3) is 0 Å². The molecule has 1 fully saturated rings. The lowest BCUT2D eigenvalue weighted by atomic mass is 9.96. The van der Waals surface area contributed by atoms with Crippen LogP contribution in [0.5, 0.6) is 0 Å². The van der Waals surface area contributed by atoms with Gasteiger partial charge in [0, 0.05) is 12.7 Å². The molecule has 1 saturated heterocycles. The summed E-state index contributed by atoms with van der Waals surface area (Å²) >= 11 is 0. The highest BCUT2D eigenvalue weighted by molar-refractivity contribution is 5.94. The number of hydrogen-bond donors (Lipinski definition) is 3. The summed E-state index contributed by atoms with van der Waals surface area (Å²) in [4.78, 5) is 27.3. The summed E-state index contributed by atoms with van der Waals surface area (Å²) < 4.78 is 0. The predicted molar refractivity (Wildman–Crippen MR) is 94.3 cm³/mol. The van der Waals surface area contributed by atoms with Crippen LogP contribution in [-0.2, 0) is 4.79 Å². The molecule has 130 valence electrons. The van der Waals surface area contributed by atoms with Crippen LogP contribution in [0, 0.1) is 5.92 Å². The van der Waals surface area contributed by atoms with Gasteiger partial charge < -0.3 is 16.0 Å². The molecule has 0 saturated carbocycles. The maximum atomic E-state index is 11.7. The lowest BCUT2D eigenvalue weighted by molar-refractivity contribution is -0.120. The number of carbonyl (C=O) groups is 2. The molecule has 0 aliphatic carbocycles. The summed E-state index contributed by atoms with van der Waals surface area (Å²) in [6.45, 7) is 2.78. The van der Waals surface area contributed by atoms with Gasteiger partial charge in [-0.25, -0.2) is 0 Å². The van der Waals surface area contributed by atoms with Gasteiger partial charge in [-0.05, 0) is 50.4 Å². The number of hydrogen-bond acceptors (Lipinski definition) is 4. The van der Waals surface area contributed by atoms with Crippen molar-refractivity contribution in [2.75, 3.05) is 26.2 Å². The first-order chi connectivity index (χ1) is 10.3. The van der Waals surface area contributed by atoms with E-state index in [0.29, 0.717) is 18.2 Å². The molecule has 0 aromatic carbocycles. The normalized spacial score (nSPS) is 16.4. The lowest BCUT2D eigenvalue weighted by Crippen LogP contribution is -2.38. The zero-order chi connectivity index (χ0) is 14.9. The van der Waals surface area contributed by atoms with Gasteiger partial charge in [-0.1, -0.05) is 6.07 Å². The van der Waals surface area contributed by atoms with Crippen molar-refractivity contribution in [3.63, 3.8) is 0 Å². The van der Waals surface area contributed by atoms with Gasteiger partial charge >= 0.3 is 0 Å². The molecule has 0 spiro atoms. The van der Waals surface area contributed by atoms with Gasteiger partial charge in [0.2, 0.25) is 5.91 Å². The number of amides is 2. The molecule has 2 amide bonds. The van der Waals surface area contributed by atoms with Crippen LogP contribution in [0.3, 0.4) is 0 Å². The highest BCUT2D eigenvalue weighted by Crippen LogP contribution is 2.12. The molecule has 8 heteroatoms. The van der Waals surface area contributed by atoms with Gasteiger partial charge in [0.25, 0.3) is 5.91 Å². The summed E-state index contributed by atoms with van der Waals surface area (Å²) in [5.41, 5.74) is 0.318. The summed E-state index contributed by atoms with van der Waals surface area (Å²) in [6.07, 6.45) is 4.96. The van der Waals surface area contributed by atoms with E-state index in [2.05, 4.69) is 20.9 Å². The average molecular weight is 363 g/mol. The SMILES string of the molecule is Cl.Cl.O=C(CNC(=O)c1ccccn1)NCCC1CCCNC1. The van der Waals surface area contributed by atoms with Crippen LogP contribution in [0.15, 0.2) is 24.4 Å². The van der Waals surface area contributed by atoms with E-state index >= 15 is 0 Å². The quantitative estimate of drug-likeness (QED) is 0.708. The van der Waals surface area contributed by atoms with Gasteiger partial charge in [0.1, 0.15) is 5.69 Å². The fraction of sp³-hybridized carbons (Fsp3) is 0.533. The molecule has 0 bridgehead atoms. The molecular formula is C15H24Cl2N4O2. The number of aromatic nitrogens is 1. The van der Waals surface area contributed by atoms with Gasteiger partial charge in [0.15, 0.2) is 0 Å². The lowest BCUT2D eigenvalue weighted by Gasteiger charge is -2.22. The first kappa shape index (κ1) is 21.6. The Kier molecular flexibility index (Phi) is 11.4. The summed E-state index contributed by atoms with van der Waals surface area (Å²) in [7, 11) is 0. The first-order valence-corrected chi connectivity index (χ1v) is 7.42. The molecule has 0 radical (unpaired) electrons. The third-order valence-electron chi connectivity index (χ3n) is 3.58. The third-order valence-corrected chi connectivity index (χ3v) is 3.58. The second-order valence-electron chi connectivity index (χ2n) is 5.25. The van der Waals surface area contributed by atoms with E-state index < -0.39 is 0 Å². The van der Waals surface area contributed by atoms with Crippen LogP contribution in [0.2, 0.25) is 0 Å². The fourth-order valence-electron chi connectivity index (χ4n) is 2.40. The Balaban J connectivity index is 0.00000242. The maximum absolute atomic E-state index is 11.7. The van der Waals surface area contributed by atoms with E-state index in [1.165, 1.54) is 12.8 Å². The molecule has 2 rings (SSSR count). The Morgan fingerprint density at radius 1 is 1.26 bits per heavy atom. The van der Waals surface area contributed by atoms with Crippen molar-refractivity contribution < 1.29 is 9.59 Å². The van der Waals surface area contributed by atoms with E-state index in [9.17, 15) is 9.59 Å². The summed E-state index contributed by atoms with van der Waals surface area (Å²) in [6, 6.07) is 5.09. The molecule has 2 heterocycles. The van der Waals surface area contributed by atoms with Crippen LogP contribution in [0.4, 0.5) is 0 Å². The van der Waals surface area contributed by atoms with Crippen molar-refractivity contribution in [2.24, 2.45) is 5.92 Å². The van der Waals surface area contributed by atoms with E-state index in [4.69, 9.17) is 0 Å². The number of halogens is 2. The first-order valence-electron chi connectivity index (χ1n) is 7.42. The molecule has 1 unspecified atom stereocenters. The van der Waals surface area contributed by atoms with Crippen molar-refractivity contribution in [2.45, 2.75) is 19.3 Å².